The number of anilines is 1. The minimum atomic E-state index is -4.85. The van der Waals surface area contributed by atoms with Gasteiger partial charge in [0, 0.05) is 12.7 Å². The van der Waals surface area contributed by atoms with E-state index < -0.39 is 47.0 Å². The molecule has 3 aromatic heterocycles. The van der Waals surface area contributed by atoms with Gasteiger partial charge in [-0.05, 0) is 37.6 Å². The molecule has 0 spiro atoms. The highest BCUT2D eigenvalue weighted by Gasteiger charge is 2.39. The van der Waals surface area contributed by atoms with Gasteiger partial charge < -0.3 is 14.8 Å². The lowest BCUT2D eigenvalue weighted by Crippen LogP contribution is -2.33. The van der Waals surface area contributed by atoms with Crippen LogP contribution in [0.2, 0.25) is 5.15 Å². The molecule has 0 radical (unpaired) electrons. The normalized spacial score (nSPS) is 12.3. The number of benzene rings is 1. The van der Waals surface area contributed by atoms with Crippen molar-refractivity contribution in [1.82, 2.24) is 24.3 Å². The number of pyridine rings is 2. The van der Waals surface area contributed by atoms with Crippen LogP contribution < -0.4 is 15.7 Å². The Kier molecular flexibility index (Phi) is 9.03. The number of carbonyl (C=O) groups is 1. The fourth-order valence-corrected chi connectivity index (χ4v) is 3.77. The van der Waals surface area contributed by atoms with Crippen molar-refractivity contribution in [3.63, 3.8) is 0 Å². The lowest BCUT2D eigenvalue weighted by atomic mass is 10.2. The zero-order valence-electron chi connectivity index (χ0n) is 21.7. The van der Waals surface area contributed by atoms with E-state index in [-0.39, 0.29) is 36.4 Å². The predicted molar refractivity (Wildman–Crippen MR) is 140 cm³/mol. The SMILES string of the molecule is CCn1c(COCc2ccccc2)nn(-c2nc(O[C@@H](C)C(F)(F)F)c(C(=O)Nc3cccnc3Cl)cc2F)c1=O. The van der Waals surface area contributed by atoms with E-state index in [0.29, 0.717) is 17.7 Å². The van der Waals surface area contributed by atoms with E-state index in [1.807, 2.05) is 30.3 Å². The Morgan fingerprint density at radius 2 is 1.88 bits per heavy atom. The lowest BCUT2D eigenvalue weighted by molar-refractivity contribution is -0.190. The molecule has 3 heterocycles. The van der Waals surface area contributed by atoms with E-state index in [9.17, 15) is 22.8 Å². The summed E-state index contributed by atoms with van der Waals surface area (Å²) in [4.78, 5) is 33.6. The molecule has 1 aromatic carbocycles. The number of hydrogen-bond acceptors (Lipinski definition) is 7. The van der Waals surface area contributed by atoms with E-state index >= 15 is 4.39 Å². The molecule has 1 N–H and O–H groups in total. The number of aromatic nitrogens is 5. The average Bonchev–Trinajstić information content (AvgIpc) is 3.25. The molecule has 1 amide bonds. The van der Waals surface area contributed by atoms with E-state index in [0.717, 1.165) is 5.56 Å². The number of rotatable bonds is 10. The monoisotopic (exact) mass is 594 g/mol. The van der Waals surface area contributed by atoms with Gasteiger partial charge in [0.25, 0.3) is 5.91 Å². The van der Waals surface area contributed by atoms with Gasteiger partial charge in [0.15, 0.2) is 28.7 Å². The third-order valence-electron chi connectivity index (χ3n) is 5.72. The Morgan fingerprint density at radius 3 is 2.54 bits per heavy atom. The van der Waals surface area contributed by atoms with Gasteiger partial charge in [0.05, 0.1) is 12.3 Å². The fourth-order valence-electron chi connectivity index (χ4n) is 3.60. The largest absolute Gasteiger partial charge is 0.464 e. The highest BCUT2D eigenvalue weighted by molar-refractivity contribution is 6.32. The molecule has 15 heteroatoms. The van der Waals surface area contributed by atoms with Gasteiger partial charge in [-0.15, -0.1) is 5.10 Å². The molecular weight excluding hydrogens is 572 g/mol. The molecule has 0 saturated heterocycles. The van der Waals surface area contributed by atoms with Crippen molar-refractivity contribution in [2.45, 2.75) is 45.9 Å². The summed E-state index contributed by atoms with van der Waals surface area (Å²) in [5.41, 5.74) is -0.633. The Bertz CT molecular complexity index is 1590. The Balaban J connectivity index is 1.71. The maximum atomic E-state index is 15.4. The van der Waals surface area contributed by atoms with Crippen molar-refractivity contribution in [1.29, 1.82) is 0 Å². The summed E-state index contributed by atoms with van der Waals surface area (Å²) < 4.78 is 67.7. The van der Waals surface area contributed by atoms with Crippen LogP contribution in [0, 0.1) is 5.82 Å². The molecule has 1 atom stereocenters. The van der Waals surface area contributed by atoms with E-state index in [1.165, 1.54) is 22.9 Å². The second kappa shape index (κ2) is 12.5. The van der Waals surface area contributed by atoms with Crippen molar-refractivity contribution < 1.29 is 31.8 Å². The molecular formula is C26H23ClF4N6O4. The molecule has 4 rings (SSSR count). The second-order valence-electron chi connectivity index (χ2n) is 8.58. The highest BCUT2D eigenvalue weighted by atomic mass is 35.5. The van der Waals surface area contributed by atoms with Gasteiger partial charge >= 0.3 is 11.9 Å². The summed E-state index contributed by atoms with van der Waals surface area (Å²) in [6.45, 7) is 2.54. The van der Waals surface area contributed by atoms with Crippen LogP contribution >= 0.6 is 11.6 Å². The number of alkyl halides is 3. The lowest BCUT2D eigenvalue weighted by Gasteiger charge is -2.19. The maximum absolute atomic E-state index is 15.4. The van der Waals surface area contributed by atoms with Crippen LogP contribution in [0.4, 0.5) is 23.2 Å². The van der Waals surface area contributed by atoms with Crippen molar-refractivity contribution in [3.8, 4) is 11.7 Å². The average molecular weight is 595 g/mol. The van der Waals surface area contributed by atoms with Crippen molar-refractivity contribution in [3.05, 3.63) is 93.1 Å². The Morgan fingerprint density at radius 1 is 1.15 bits per heavy atom. The van der Waals surface area contributed by atoms with E-state index in [2.05, 4.69) is 20.4 Å². The van der Waals surface area contributed by atoms with Crippen molar-refractivity contribution in [2.24, 2.45) is 0 Å². The molecule has 0 fully saturated rings. The van der Waals surface area contributed by atoms with Gasteiger partial charge in [-0.25, -0.2) is 14.2 Å². The summed E-state index contributed by atoms with van der Waals surface area (Å²) >= 11 is 5.94. The third kappa shape index (κ3) is 6.89. The standard InChI is InChI=1S/C26H23ClF4N6O4/c1-3-36-20(14-40-13-16-8-5-4-6-9-16)35-37(25(36)39)22-18(28)12-17(24(34-22)41-15(2)26(29,30)31)23(38)33-19-10-7-11-32-21(19)27/h4-12,15H,3,13-14H2,1-2H3,(H,33,38)/t15-/m0/s1. The number of halogens is 5. The Labute approximate surface area is 235 Å². The van der Waals surface area contributed by atoms with Crippen LogP contribution in [0.25, 0.3) is 5.82 Å². The van der Waals surface area contributed by atoms with E-state index in [1.54, 1.807) is 6.92 Å². The zero-order valence-corrected chi connectivity index (χ0v) is 22.4. The molecule has 0 aliphatic carbocycles. The molecule has 41 heavy (non-hydrogen) atoms. The third-order valence-corrected chi connectivity index (χ3v) is 6.02. The minimum absolute atomic E-state index is 0.0107. The van der Waals surface area contributed by atoms with Gasteiger partial charge in [-0.3, -0.25) is 9.36 Å². The van der Waals surface area contributed by atoms with Crippen LogP contribution in [-0.4, -0.2) is 42.5 Å². The molecule has 216 valence electrons. The van der Waals surface area contributed by atoms with E-state index in [4.69, 9.17) is 21.1 Å². The molecule has 10 nitrogen and oxygen atoms in total. The van der Waals surface area contributed by atoms with Gasteiger partial charge in [0.2, 0.25) is 5.88 Å². The van der Waals surface area contributed by atoms with Crippen LogP contribution in [0.15, 0.2) is 59.5 Å². The summed E-state index contributed by atoms with van der Waals surface area (Å²) in [6, 6.07) is 12.6. The second-order valence-corrected chi connectivity index (χ2v) is 8.94. The molecule has 4 aromatic rings. The number of nitrogens with one attached hydrogen (secondary N) is 1. The first-order valence-corrected chi connectivity index (χ1v) is 12.5. The first-order chi connectivity index (χ1) is 19.5. The molecule has 0 aliphatic heterocycles. The maximum Gasteiger partial charge on any atom is 0.425 e. The first-order valence-electron chi connectivity index (χ1n) is 12.2. The fraction of sp³-hybridized carbons (Fsp3) is 0.269. The Hall–Kier alpha value is -4.30. The quantitative estimate of drug-likeness (QED) is 0.204. The number of hydrogen-bond donors (Lipinski definition) is 1. The minimum Gasteiger partial charge on any atom is -0.464 e. The highest BCUT2D eigenvalue weighted by Crippen LogP contribution is 2.29. The topological polar surface area (TPSA) is 113 Å². The zero-order chi connectivity index (χ0) is 29.7. The number of nitrogens with zero attached hydrogens (tertiary/aromatic N) is 5. The van der Waals surface area contributed by atoms with Crippen LogP contribution in [0.3, 0.4) is 0 Å². The first kappa shape index (κ1) is 29.7. The number of amides is 1. The predicted octanol–water partition coefficient (Wildman–Crippen LogP) is 4.94. The smallest absolute Gasteiger partial charge is 0.425 e. The summed E-state index contributed by atoms with van der Waals surface area (Å²) in [5, 5.41) is 6.32. The van der Waals surface area contributed by atoms with Crippen LogP contribution in [-0.2, 0) is 24.5 Å². The van der Waals surface area contributed by atoms with Crippen LogP contribution in [0.5, 0.6) is 5.88 Å². The number of carbonyl (C=O) groups excluding carboxylic acids is 1. The molecule has 0 unspecified atom stereocenters. The molecule has 0 aliphatic rings. The summed E-state index contributed by atoms with van der Waals surface area (Å²) in [5.74, 6) is -3.84. The molecule has 0 bridgehead atoms. The molecule has 0 saturated carbocycles. The van der Waals surface area contributed by atoms with Gasteiger partial charge in [0.1, 0.15) is 12.2 Å². The van der Waals surface area contributed by atoms with Gasteiger partial charge in [-0.1, -0.05) is 41.9 Å². The summed E-state index contributed by atoms with van der Waals surface area (Å²) in [6.07, 6.45) is -5.93. The van der Waals surface area contributed by atoms with Crippen LogP contribution in [0.1, 0.15) is 35.6 Å². The summed E-state index contributed by atoms with van der Waals surface area (Å²) in [7, 11) is 0. The van der Waals surface area contributed by atoms with Crippen molar-refractivity contribution >= 4 is 23.2 Å². The number of ether oxygens (including phenoxy) is 2. The van der Waals surface area contributed by atoms with Crippen molar-refractivity contribution in [2.75, 3.05) is 5.32 Å². The van der Waals surface area contributed by atoms with Gasteiger partial charge in [-0.2, -0.15) is 22.8 Å².